The zero-order valence-electron chi connectivity index (χ0n) is 11.0. The number of nitrogens with zero attached hydrogens (tertiary/aromatic N) is 2. The average Bonchev–Trinajstić information content (AvgIpc) is 2.46. The maximum Gasteiger partial charge on any atom is 0.269 e. The SMILES string of the molecule is Cc1ccc(NCc2cccc([N+](=O)[O-])c2)c(C#N)c1. The van der Waals surface area contributed by atoms with Crippen LogP contribution in [0.2, 0.25) is 0 Å². The lowest BCUT2D eigenvalue weighted by Gasteiger charge is -2.09. The van der Waals surface area contributed by atoms with E-state index in [-0.39, 0.29) is 5.69 Å². The van der Waals surface area contributed by atoms with Crippen LogP contribution in [0.4, 0.5) is 11.4 Å². The van der Waals surface area contributed by atoms with Crippen molar-refractivity contribution in [3.63, 3.8) is 0 Å². The topological polar surface area (TPSA) is 79.0 Å². The van der Waals surface area contributed by atoms with Crippen molar-refractivity contribution in [2.24, 2.45) is 0 Å². The van der Waals surface area contributed by atoms with Crippen molar-refractivity contribution in [1.29, 1.82) is 5.26 Å². The summed E-state index contributed by atoms with van der Waals surface area (Å²) in [6, 6.07) is 14.1. The number of anilines is 1. The second-order valence-corrected chi connectivity index (χ2v) is 4.44. The van der Waals surface area contributed by atoms with E-state index < -0.39 is 4.92 Å². The molecule has 0 aromatic heterocycles. The molecule has 0 heterocycles. The Hall–Kier alpha value is -2.87. The Labute approximate surface area is 116 Å². The number of non-ortho nitro benzene ring substituents is 1. The minimum absolute atomic E-state index is 0.0636. The summed E-state index contributed by atoms with van der Waals surface area (Å²) in [4.78, 5) is 10.3. The highest BCUT2D eigenvalue weighted by Gasteiger charge is 2.06. The van der Waals surface area contributed by atoms with Crippen LogP contribution in [0.3, 0.4) is 0 Å². The maximum atomic E-state index is 10.7. The Balaban J connectivity index is 2.15. The molecule has 0 aliphatic rings. The van der Waals surface area contributed by atoms with Crippen LogP contribution in [0.5, 0.6) is 0 Å². The van der Waals surface area contributed by atoms with E-state index in [9.17, 15) is 10.1 Å². The fourth-order valence-corrected chi connectivity index (χ4v) is 1.88. The summed E-state index contributed by atoms with van der Waals surface area (Å²) < 4.78 is 0. The second-order valence-electron chi connectivity index (χ2n) is 4.44. The van der Waals surface area contributed by atoms with Gasteiger partial charge in [-0.2, -0.15) is 5.26 Å². The molecule has 0 saturated heterocycles. The largest absolute Gasteiger partial charge is 0.380 e. The molecule has 0 fully saturated rings. The van der Waals surface area contributed by atoms with E-state index in [1.165, 1.54) is 12.1 Å². The zero-order valence-corrected chi connectivity index (χ0v) is 11.0. The summed E-state index contributed by atoms with van der Waals surface area (Å²) in [5.41, 5.74) is 3.17. The molecule has 2 aromatic carbocycles. The van der Waals surface area contributed by atoms with Gasteiger partial charge in [-0.05, 0) is 30.2 Å². The maximum absolute atomic E-state index is 10.7. The molecule has 0 aliphatic carbocycles. The number of nitro groups is 1. The van der Waals surface area contributed by atoms with E-state index >= 15 is 0 Å². The molecular weight excluding hydrogens is 254 g/mol. The van der Waals surface area contributed by atoms with Gasteiger partial charge in [0, 0.05) is 18.7 Å². The van der Waals surface area contributed by atoms with Crippen molar-refractivity contribution in [3.05, 3.63) is 69.3 Å². The standard InChI is InChI=1S/C15H13N3O2/c1-11-5-6-15(13(7-11)9-16)17-10-12-3-2-4-14(8-12)18(19)20/h2-8,17H,10H2,1H3. The van der Waals surface area contributed by atoms with Gasteiger partial charge in [-0.1, -0.05) is 18.2 Å². The smallest absolute Gasteiger partial charge is 0.269 e. The van der Waals surface area contributed by atoms with Crippen molar-refractivity contribution in [2.75, 3.05) is 5.32 Å². The van der Waals surface area contributed by atoms with Gasteiger partial charge in [0.25, 0.3) is 5.69 Å². The summed E-state index contributed by atoms with van der Waals surface area (Å²) in [6.07, 6.45) is 0. The molecular formula is C15H13N3O2. The van der Waals surface area contributed by atoms with Crippen LogP contribution in [0.15, 0.2) is 42.5 Å². The van der Waals surface area contributed by atoms with Crippen LogP contribution in [-0.4, -0.2) is 4.92 Å². The van der Waals surface area contributed by atoms with Crippen molar-refractivity contribution >= 4 is 11.4 Å². The van der Waals surface area contributed by atoms with E-state index in [0.29, 0.717) is 12.1 Å². The third-order valence-electron chi connectivity index (χ3n) is 2.90. The fraction of sp³-hybridized carbons (Fsp3) is 0.133. The Morgan fingerprint density at radius 3 is 2.80 bits per heavy atom. The molecule has 0 radical (unpaired) electrons. The summed E-state index contributed by atoms with van der Waals surface area (Å²) >= 11 is 0. The third kappa shape index (κ3) is 3.12. The van der Waals surface area contributed by atoms with Crippen LogP contribution < -0.4 is 5.32 Å². The quantitative estimate of drug-likeness (QED) is 0.680. The van der Waals surface area contributed by atoms with Crippen LogP contribution in [0.1, 0.15) is 16.7 Å². The molecule has 100 valence electrons. The number of nitriles is 1. The van der Waals surface area contributed by atoms with Crippen LogP contribution in [0.25, 0.3) is 0 Å². The summed E-state index contributed by atoms with van der Waals surface area (Å²) in [5, 5.41) is 22.9. The predicted molar refractivity (Wildman–Crippen MR) is 76.3 cm³/mol. The van der Waals surface area contributed by atoms with Crippen LogP contribution in [-0.2, 0) is 6.54 Å². The normalized spacial score (nSPS) is 9.80. The first-order chi connectivity index (χ1) is 9.60. The predicted octanol–water partition coefficient (Wildman–Crippen LogP) is 3.39. The third-order valence-corrected chi connectivity index (χ3v) is 2.90. The number of benzene rings is 2. The van der Waals surface area contributed by atoms with Gasteiger partial charge in [-0.25, -0.2) is 0 Å². The molecule has 0 spiro atoms. The number of nitro benzene ring substituents is 1. The van der Waals surface area contributed by atoms with Gasteiger partial charge in [-0.3, -0.25) is 10.1 Å². The van der Waals surface area contributed by atoms with E-state index in [1.807, 2.05) is 19.1 Å². The molecule has 0 unspecified atom stereocenters. The lowest BCUT2D eigenvalue weighted by molar-refractivity contribution is -0.384. The first kappa shape index (κ1) is 13.6. The van der Waals surface area contributed by atoms with Crippen molar-refractivity contribution in [1.82, 2.24) is 0 Å². The fourth-order valence-electron chi connectivity index (χ4n) is 1.88. The molecule has 0 bridgehead atoms. The minimum Gasteiger partial charge on any atom is -0.380 e. The van der Waals surface area contributed by atoms with E-state index in [1.54, 1.807) is 18.2 Å². The number of hydrogen-bond donors (Lipinski definition) is 1. The lowest BCUT2D eigenvalue weighted by Crippen LogP contribution is -2.02. The summed E-state index contributed by atoms with van der Waals surface area (Å²) in [7, 11) is 0. The molecule has 5 heteroatoms. The molecule has 2 aromatic rings. The molecule has 1 N–H and O–H groups in total. The monoisotopic (exact) mass is 267 g/mol. The first-order valence-electron chi connectivity index (χ1n) is 6.08. The van der Waals surface area contributed by atoms with Gasteiger partial charge in [0.2, 0.25) is 0 Å². The highest BCUT2D eigenvalue weighted by Crippen LogP contribution is 2.19. The highest BCUT2D eigenvalue weighted by molar-refractivity contribution is 5.58. The Kier molecular flexibility index (Phi) is 3.96. The van der Waals surface area contributed by atoms with Gasteiger partial charge >= 0.3 is 0 Å². The molecule has 0 atom stereocenters. The molecule has 2 rings (SSSR count). The first-order valence-corrected chi connectivity index (χ1v) is 6.08. The van der Waals surface area contributed by atoms with E-state index in [4.69, 9.17) is 5.26 Å². The molecule has 0 saturated carbocycles. The van der Waals surface area contributed by atoms with Gasteiger partial charge in [0.15, 0.2) is 0 Å². The molecule has 20 heavy (non-hydrogen) atoms. The molecule has 0 aliphatic heterocycles. The Morgan fingerprint density at radius 1 is 1.30 bits per heavy atom. The van der Waals surface area contributed by atoms with Gasteiger partial charge in [0.05, 0.1) is 16.2 Å². The Morgan fingerprint density at radius 2 is 2.10 bits per heavy atom. The minimum atomic E-state index is -0.421. The second kappa shape index (κ2) is 5.85. The lowest BCUT2D eigenvalue weighted by atomic mass is 10.1. The van der Waals surface area contributed by atoms with Gasteiger partial charge < -0.3 is 5.32 Å². The van der Waals surface area contributed by atoms with Gasteiger partial charge in [-0.15, -0.1) is 0 Å². The van der Waals surface area contributed by atoms with Crippen molar-refractivity contribution in [3.8, 4) is 6.07 Å². The van der Waals surface area contributed by atoms with Gasteiger partial charge in [0.1, 0.15) is 6.07 Å². The highest BCUT2D eigenvalue weighted by atomic mass is 16.6. The number of aryl methyl sites for hydroxylation is 1. The van der Waals surface area contributed by atoms with Crippen molar-refractivity contribution < 1.29 is 4.92 Å². The Bertz CT molecular complexity index is 690. The number of hydrogen-bond acceptors (Lipinski definition) is 4. The van der Waals surface area contributed by atoms with E-state index in [0.717, 1.165) is 16.8 Å². The number of nitrogens with one attached hydrogen (secondary N) is 1. The van der Waals surface area contributed by atoms with E-state index in [2.05, 4.69) is 11.4 Å². The molecule has 5 nitrogen and oxygen atoms in total. The zero-order chi connectivity index (χ0) is 14.5. The molecule has 0 amide bonds. The average molecular weight is 267 g/mol. The van der Waals surface area contributed by atoms with Crippen LogP contribution >= 0.6 is 0 Å². The summed E-state index contributed by atoms with van der Waals surface area (Å²) in [5.74, 6) is 0. The van der Waals surface area contributed by atoms with Crippen molar-refractivity contribution in [2.45, 2.75) is 13.5 Å². The van der Waals surface area contributed by atoms with Crippen LogP contribution in [0, 0.1) is 28.4 Å². The number of rotatable bonds is 4. The summed E-state index contributed by atoms with van der Waals surface area (Å²) in [6.45, 7) is 2.35.